The van der Waals surface area contributed by atoms with Crippen molar-refractivity contribution in [1.29, 1.82) is 0 Å². The lowest BCUT2D eigenvalue weighted by Gasteiger charge is -2.32. The number of methoxy groups -OCH3 is 1. The van der Waals surface area contributed by atoms with E-state index in [0.29, 0.717) is 12.3 Å². The highest BCUT2D eigenvalue weighted by Gasteiger charge is 2.29. The Morgan fingerprint density at radius 1 is 1.27 bits per heavy atom. The molecule has 1 fully saturated rings. The highest BCUT2D eigenvalue weighted by molar-refractivity contribution is 5.81. The number of carbonyl (C=O) groups is 2. The van der Waals surface area contributed by atoms with Crippen molar-refractivity contribution in [2.75, 3.05) is 26.7 Å². The van der Waals surface area contributed by atoms with Gasteiger partial charge in [0.1, 0.15) is 11.6 Å². The predicted octanol–water partition coefficient (Wildman–Crippen LogP) is 2.17. The summed E-state index contributed by atoms with van der Waals surface area (Å²) < 4.78 is 10.0. The molecular formula is C16H30N2O4. The Balaban J connectivity index is 2.54. The number of nitrogens with one attached hydrogen (secondary N) is 1. The van der Waals surface area contributed by atoms with Gasteiger partial charge >= 0.3 is 12.1 Å². The van der Waals surface area contributed by atoms with Gasteiger partial charge in [-0.3, -0.25) is 0 Å². The summed E-state index contributed by atoms with van der Waals surface area (Å²) in [5.74, 6) is 0.00520. The van der Waals surface area contributed by atoms with Crippen LogP contribution in [0.4, 0.5) is 4.79 Å². The Labute approximate surface area is 133 Å². The molecule has 0 aromatic carbocycles. The lowest BCUT2D eigenvalue weighted by atomic mass is 9.90. The van der Waals surface area contributed by atoms with Crippen LogP contribution in [-0.4, -0.2) is 55.3 Å². The Kier molecular flexibility index (Phi) is 7.13. The van der Waals surface area contributed by atoms with Crippen LogP contribution in [0.3, 0.4) is 0 Å². The van der Waals surface area contributed by atoms with E-state index in [2.05, 4.69) is 17.1 Å². The molecule has 1 heterocycles. The van der Waals surface area contributed by atoms with Crippen molar-refractivity contribution in [3.05, 3.63) is 0 Å². The number of hydrogen-bond donors (Lipinski definition) is 1. The van der Waals surface area contributed by atoms with E-state index in [1.807, 2.05) is 0 Å². The van der Waals surface area contributed by atoms with Crippen LogP contribution >= 0.6 is 0 Å². The van der Waals surface area contributed by atoms with Gasteiger partial charge in [-0.2, -0.15) is 0 Å². The first kappa shape index (κ1) is 18.7. The molecule has 0 radical (unpaired) electrons. The quantitative estimate of drug-likeness (QED) is 0.788. The molecule has 1 saturated heterocycles. The number of likely N-dealkylation sites (tertiary alicyclic amines) is 1. The number of esters is 1. The van der Waals surface area contributed by atoms with Crippen molar-refractivity contribution in [3.63, 3.8) is 0 Å². The summed E-state index contributed by atoms with van der Waals surface area (Å²) in [5.41, 5.74) is -0.586. The minimum absolute atomic E-state index is 0.413. The SMILES string of the molecule is CCN1CCC(C[C@H](NC(=O)OC(C)(C)C)C(=O)OC)CC1. The first-order chi connectivity index (χ1) is 10.2. The summed E-state index contributed by atoms with van der Waals surface area (Å²) in [4.78, 5) is 26.2. The van der Waals surface area contributed by atoms with Gasteiger partial charge in [-0.15, -0.1) is 0 Å². The third kappa shape index (κ3) is 6.64. The standard InChI is InChI=1S/C16H30N2O4/c1-6-18-9-7-12(8-10-18)11-13(14(19)21-5)17-15(20)22-16(2,3)4/h12-13H,6-11H2,1-5H3,(H,17,20)/t13-/m0/s1. The third-order valence-corrected chi connectivity index (χ3v) is 3.90. The van der Waals surface area contributed by atoms with Crippen LogP contribution in [0.5, 0.6) is 0 Å². The van der Waals surface area contributed by atoms with Gasteiger partial charge in [-0.25, -0.2) is 9.59 Å². The number of alkyl carbamates (subject to hydrolysis) is 1. The van der Waals surface area contributed by atoms with Crippen LogP contribution in [0, 0.1) is 5.92 Å². The van der Waals surface area contributed by atoms with Crippen molar-refractivity contribution in [3.8, 4) is 0 Å². The number of ether oxygens (including phenoxy) is 2. The van der Waals surface area contributed by atoms with Crippen molar-refractivity contribution in [2.24, 2.45) is 5.92 Å². The number of hydrogen-bond acceptors (Lipinski definition) is 5. The molecule has 1 N–H and O–H groups in total. The zero-order valence-corrected chi connectivity index (χ0v) is 14.5. The van der Waals surface area contributed by atoms with Crippen LogP contribution in [0.25, 0.3) is 0 Å². The highest BCUT2D eigenvalue weighted by Crippen LogP contribution is 2.22. The van der Waals surface area contributed by atoms with Gasteiger partial charge < -0.3 is 19.7 Å². The van der Waals surface area contributed by atoms with E-state index >= 15 is 0 Å². The van der Waals surface area contributed by atoms with E-state index in [0.717, 1.165) is 32.5 Å². The van der Waals surface area contributed by atoms with Gasteiger partial charge in [0.2, 0.25) is 0 Å². The molecule has 0 unspecified atom stereocenters. The molecule has 1 aliphatic heterocycles. The van der Waals surface area contributed by atoms with Gasteiger partial charge in [0.05, 0.1) is 7.11 Å². The molecule has 0 spiro atoms. The smallest absolute Gasteiger partial charge is 0.408 e. The Bertz CT molecular complexity index is 371. The van der Waals surface area contributed by atoms with Crippen LogP contribution in [-0.2, 0) is 14.3 Å². The molecule has 0 aromatic rings. The molecule has 0 aromatic heterocycles. The van der Waals surface area contributed by atoms with E-state index < -0.39 is 23.7 Å². The second-order valence-electron chi connectivity index (χ2n) is 6.84. The molecule has 1 atom stereocenters. The summed E-state index contributed by atoms with van der Waals surface area (Å²) >= 11 is 0. The van der Waals surface area contributed by atoms with Gasteiger partial charge in [0.25, 0.3) is 0 Å². The fourth-order valence-electron chi connectivity index (χ4n) is 2.68. The van der Waals surface area contributed by atoms with Crippen molar-refractivity contribution >= 4 is 12.1 Å². The Morgan fingerprint density at radius 3 is 2.32 bits per heavy atom. The molecule has 0 bridgehead atoms. The van der Waals surface area contributed by atoms with E-state index in [1.54, 1.807) is 20.8 Å². The van der Waals surface area contributed by atoms with Gasteiger partial charge in [-0.1, -0.05) is 6.92 Å². The van der Waals surface area contributed by atoms with E-state index in [-0.39, 0.29) is 0 Å². The molecule has 22 heavy (non-hydrogen) atoms. The van der Waals surface area contributed by atoms with E-state index in [1.165, 1.54) is 7.11 Å². The number of amides is 1. The maximum absolute atomic E-state index is 11.9. The molecule has 1 rings (SSSR count). The topological polar surface area (TPSA) is 67.9 Å². The average Bonchev–Trinajstić information content (AvgIpc) is 2.44. The molecule has 1 aliphatic rings. The number of piperidine rings is 1. The van der Waals surface area contributed by atoms with Crippen LogP contribution in [0.1, 0.15) is 47.0 Å². The number of rotatable bonds is 5. The zero-order chi connectivity index (χ0) is 16.8. The summed E-state index contributed by atoms with van der Waals surface area (Å²) in [5, 5.41) is 2.65. The fraction of sp³-hybridized carbons (Fsp3) is 0.875. The van der Waals surface area contributed by atoms with Crippen LogP contribution in [0.15, 0.2) is 0 Å². The minimum Gasteiger partial charge on any atom is -0.467 e. The molecular weight excluding hydrogens is 284 g/mol. The second-order valence-corrected chi connectivity index (χ2v) is 6.84. The summed E-state index contributed by atoms with van der Waals surface area (Å²) in [6, 6.07) is -0.641. The number of nitrogens with zero attached hydrogens (tertiary/aromatic N) is 1. The zero-order valence-electron chi connectivity index (χ0n) is 14.5. The predicted molar refractivity (Wildman–Crippen MR) is 84.6 cm³/mol. The molecule has 0 saturated carbocycles. The van der Waals surface area contributed by atoms with Gasteiger partial charge in [-0.05, 0) is 65.6 Å². The van der Waals surface area contributed by atoms with Crippen molar-refractivity contribution in [2.45, 2.75) is 58.6 Å². The largest absolute Gasteiger partial charge is 0.467 e. The van der Waals surface area contributed by atoms with E-state index in [9.17, 15) is 9.59 Å². The maximum Gasteiger partial charge on any atom is 0.408 e. The molecule has 6 nitrogen and oxygen atoms in total. The Morgan fingerprint density at radius 2 is 1.86 bits per heavy atom. The molecule has 1 amide bonds. The second kappa shape index (κ2) is 8.36. The van der Waals surface area contributed by atoms with Crippen LogP contribution < -0.4 is 5.32 Å². The van der Waals surface area contributed by atoms with E-state index in [4.69, 9.17) is 9.47 Å². The monoisotopic (exact) mass is 314 g/mol. The summed E-state index contributed by atoms with van der Waals surface area (Å²) in [6.07, 6.45) is 2.10. The van der Waals surface area contributed by atoms with Crippen molar-refractivity contribution in [1.82, 2.24) is 10.2 Å². The number of carbonyl (C=O) groups excluding carboxylic acids is 2. The normalized spacial score (nSPS) is 18.6. The lowest BCUT2D eigenvalue weighted by molar-refractivity contribution is -0.143. The van der Waals surface area contributed by atoms with Crippen LogP contribution in [0.2, 0.25) is 0 Å². The summed E-state index contributed by atoms with van der Waals surface area (Å²) in [6.45, 7) is 10.7. The third-order valence-electron chi connectivity index (χ3n) is 3.90. The minimum atomic E-state index is -0.641. The highest BCUT2D eigenvalue weighted by atomic mass is 16.6. The first-order valence-electron chi connectivity index (χ1n) is 8.05. The molecule has 0 aliphatic carbocycles. The molecule has 128 valence electrons. The lowest BCUT2D eigenvalue weighted by Crippen LogP contribution is -2.46. The molecule has 6 heteroatoms. The maximum atomic E-state index is 11.9. The first-order valence-corrected chi connectivity index (χ1v) is 8.05. The average molecular weight is 314 g/mol. The van der Waals surface area contributed by atoms with Crippen molar-refractivity contribution < 1.29 is 19.1 Å². The van der Waals surface area contributed by atoms with Gasteiger partial charge in [0.15, 0.2) is 0 Å². The summed E-state index contributed by atoms with van der Waals surface area (Å²) in [7, 11) is 1.34. The Hall–Kier alpha value is -1.30. The van der Waals surface area contributed by atoms with Gasteiger partial charge in [0, 0.05) is 0 Å². The fourth-order valence-corrected chi connectivity index (χ4v) is 2.68.